The van der Waals surface area contributed by atoms with Gasteiger partial charge < -0.3 is 19.7 Å². The van der Waals surface area contributed by atoms with E-state index in [0.717, 1.165) is 10.9 Å². The van der Waals surface area contributed by atoms with E-state index in [9.17, 15) is 50.2 Å². The normalized spacial score (nSPS) is 22.7. The van der Waals surface area contributed by atoms with Crippen LogP contribution in [0.2, 0.25) is 0 Å². The van der Waals surface area contributed by atoms with Crippen molar-refractivity contribution in [3.63, 3.8) is 0 Å². The van der Waals surface area contributed by atoms with Gasteiger partial charge in [-0.15, -0.1) is 0 Å². The number of nitrogens with zero attached hydrogens (tertiary/aromatic N) is 3. The molecule has 3 rings (SSSR count). The molecule has 1 aliphatic rings. The number of carbonyl (C=O) groups is 2. The SMILES string of the molecule is Nc1nc2c(ncn2C2CC(OC(=O)C(F)(F)F)C(COP(=O)(O)OC(=O)C(F)(F)F)O2)c(=O)[nH]1. The van der Waals surface area contributed by atoms with E-state index >= 15 is 0 Å². The van der Waals surface area contributed by atoms with E-state index < -0.39 is 69.1 Å². The number of anilines is 1. The molecule has 1 fully saturated rings. The van der Waals surface area contributed by atoms with Crippen LogP contribution in [0.15, 0.2) is 11.1 Å². The predicted molar refractivity (Wildman–Crippen MR) is 94.9 cm³/mol. The molecule has 35 heavy (non-hydrogen) atoms. The third-order valence-electron chi connectivity index (χ3n) is 4.26. The molecule has 1 aliphatic heterocycles. The van der Waals surface area contributed by atoms with E-state index in [4.69, 9.17) is 10.5 Å². The van der Waals surface area contributed by atoms with Crippen molar-refractivity contribution in [3.05, 3.63) is 16.7 Å². The molecule has 0 aliphatic carbocycles. The van der Waals surface area contributed by atoms with Gasteiger partial charge in [0.15, 0.2) is 11.2 Å². The van der Waals surface area contributed by atoms with E-state index in [-0.39, 0.29) is 17.1 Å². The van der Waals surface area contributed by atoms with Crippen molar-refractivity contribution in [1.82, 2.24) is 19.5 Å². The number of phosphoric acid groups is 1. The van der Waals surface area contributed by atoms with Crippen LogP contribution >= 0.6 is 7.82 Å². The van der Waals surface area contributed by atoms with Crippen LogP contribution in [0.25, 0.3) is 11.2 Å². The summed E-state index contributed by atoms with van der Waals surface area (Å²) in [5.41, 5.74) is 4.20. The van der Waals surface area contributed by atoms with Crippen molar-refractivity contribution >= 4 is 36.9 Å². The van der Waals surface area contributed by atoms with Crippen LogP contribution < -0.4 is 11.3 Å². The number of aromatic amines is 1. The quantitative estimate of drug-likeness (QED) is 0.264. The first-order valence-corrected chi connectivity index (χ1v) is 10.4. The minimum absolute atomic E-state index is 0.203. The van der Waals surface area contributed by atoms with Crippen molar-refractivity contribution in [2.24, 2.45) is 0 Å². The molecule has 0 radical (unpaired) electrons. The Hall–Kier alpha value is -3.22. The molecular weight excluding hydrogens is 527 g/mol. The number of hydrogen-bond donors (Lipinski definition) is 3. The molecule has 194 valence electrons. The maximum absolute atomic E-state index is 12.7. The maximum atomic E-state index is 12.7. The molecule has 4 unspecified atom stereocenters. The molecule has 0 spiro atoms. The van der Waals surface area contributed by atoms with E-state index in [1.807, 2.05) is 0 Å². The minimum atomic E-state index is -5.73. The van der Waals surface area contributed by atoms with Crippen molar-refractivity contribution in [2.75, 3.05) is 12.3 Å². The zero-order chi connectivity index (χ0) is 26.3. The van der Waals surface area contributed by atoms with Crippen molar-refractivity contribution < 1.29 is 63.9 Å². The van der Waals surface area contributed by atoms with Crippen LogP contribution in [0.5, 0.6) is 0 Å². The number of aromatic nitrogens is 4. The number of nitrogens with one attached hydrogen (secondary N) is 1. The monoisotopic (exact) mass is 539 g/mol. The van der Waals surface area contributed by atoms with Gasteiger partial charge in [-0.25, -0.2) is 19.1 Å². The zero-order valence-electron chi connectivity index (χ0n) is 16.6. The fourth-order valence-electron chi connectivity index (χ4n) is 2.85. The fraction of sp³-hybridized carbons (Fsp3) is 0.500. The van der Waals surface area contributed by atoms with Gasteiger partial charge in [-0.05, 0) is 0 Å². The van der Waals surface area contributed by atoms with Crippen molar-refractivity contribution in [3.8, 4) is 0 Å². The van der Waals surface area contributed by atoms with Gasteiger partial charge >= 0.3 is 32.1 Å². The van der Waals surface area contributed by atoms with Gasteiger partial charge in [0.05, 0.1) is 12.9 Å². The molecule has 0 bridgehead atoms. The molecule has 4 N–H and O–H groups in total. The number of imidazole rings is 1. The Kier molecular flexibility index (Phi) is 6.86. The Balaban J connectivity index is 1.83. The first-order chi connectivity index (χ1) is 16.0. The number of halogens is 6. The third-order valence-corrected chi connectivity index (χ3v) is 5.13. The second-order valence-electron chi connectivity index (χ2n) is 6.72. The standard InChI is InChI=1S/C14H12F6N5O9P/c15-13(16,17)10(27)33-4-1-6(25-3-22-7-8(25)23-12(21)24-9(7)26)32-5(4)2-31-35(29,30)34-11(28)14(18,19)20/h3-6H,1-2H2,(H,29,30)(H3,21,23,24,26). The summed E-state index contributed by atoms with van der Waals surface area (Å²) in [7, 11) is -5.73. The van der Waals surface area contributed by atoms with E-state index in [1.54, 1.807) is 0 Å². The van der Waals surface area contributed by atoms with Gasteiger partial charge in [-0.2, -0.15) is 31.3 Å². The van der Waals surface area contributed by atoms with Gasteiger partial charge in [-0.1, -0.05) is 0 Å². The number of fused-ring (bicyclic) bond motifs is 1. The molecule has 0 amide bonds. The average Bonchev–Trinajstić information content (AvgIpc) is 3.28. The number of phosphoric ester groups is 1. The highest BCUT2D eigenvalue weighted by Gasteiger charge is 2.49. The van der Waals surface area contributed by atoms with Gasteiger partial charge in [0.1, 0.15) is 18.4 Å². The number of nitrogen functional groups attached to an aromatic ring is 1. The van der Waals surface area contributed by atoms with E-state index in [1.165, 1.54) is 0 Å². The molecule has 0 aromatic carbocycles. The topological polar surface area (TPSA) is 198 Å². The lowest BCUT2D eigenvalue weighted by Crippen LogP contribution is -2.36. The number of alkyl halides is 6. The van der Waals surface area contributed by atoms with Gasteiger partial charge in [0.25, 0.3) is 5.56 Å². The number of esters is 1. The predicted octanol–water partition coefficient (Wildman–Crippen LogP) is 0.686. The van der Waals surface area contributed by atoms with E-state index in [0.29, 0.717) is 0 Å². The zero-order valence-corrected chi connectivity index (χ0v) is 17.5. The van der Waals surface area contributed by atoms with Gasteiger partial charge in [-0.3, -0.25) is 23.8 Å². The van der Waals surface area contributed by atoms with E-state index in [2.05, 4.69) is 28.7 Å². The summed E-state index contributed by atoms with van der Waals surface area (Å²) in [5.74, 6) is -6.12. The number of carbonyl (C=O) groups excluding carboxylic acids is 2. The fourth-order valence-corrected chi connectivity index (χ4v) is 3.55. The molecule has 21 heteroatoms. The lowest BCUT2D eigenvalue weighted by atomic mass is 10.2. The van der Waals surface area contributed by atoms with Crippen LogP contribution in [-0.2, 0) is 32.7 Å². The largest absolute Gasteiger partial charge is 0.529 e. The smallest absolute Gasteiger partial charge is 0.453 e. The summed E-state index contributed by atoms with van der Waals surface area (Å²) in [5, 5.41) is 0. The molecule has 2 aromatic heterocycles. The Labute approximate surface area is 187 Å². The lowest BCUT2D eigenvalue weighted by molar-refractivity contribution is -0.207. The summed E-state index contributed by atoms with van der Waals surface area (Å²) >= 11 is 0. The highest BCUT2D eigenvalue weighted by atomic mass is 31.2. The number of H-pyrrole nitrogens is 1. The Morgan fingerprint density at radius 3 is 2.49 bits per heavy atom. The minimum Gasteiger partial charge on any atom is -0.453 e. The van der Waals surface area contributed by atoms with Gasteiger partial charge in [0.2, 0.25) is 5.95 Å². The first-order valence-electron chi connectivity index (χ1n) is 8.91. The Morgan fingerprint density at radius 2 is 1.89 bits per heavy atom. The summed E-state index contributed by atoms with van der Waals surface area (Å²) in [6, 6.07) is 0. The summed E-state index contributed by atoms with van der Waals surface area (Å²) in [6.07, 6.45) is -15.7. The molecule has 4 atom stereocenters. The maximum Gasteiger partial charge on any atom is 0.529 e. The second kappa shape index (κ2) is 9.10. The third kappa shape index (κ3) is 6.08. The van der Waals surface area contributed by atoms with Crippen LogP contribution in [0.1, 0.15) is 12.6 Å². The highest BCUT2D eigenvalue weighted by Crippen LogP contribution is 2.46. The molecule has 14 nitrogen and oxygen atoms in total. The van der Waals surface area contributed by atoms with Gasteiger partial charge in [0, 0.05) is 6.42 Å². The second-order valence-corrected chi connectivity index (χ2v) is 8.10. The Bertz CT molecular complexity index is 1240. The number of nitrogens with two attached hydrogens (primary N) is 1. The average molecular weight is 539 g/mol. The summed E-state index contributed by atoms with van der Waals surface area (Å²) in [6.45, 7) is -1.27. The molecule has 2 aromatic rings. The number of ether oxygens (including phenoxy) is 2. The van der Waals surface area contributed by atoms with Crippen LogP contribution in [0.3, 0.4) is 0 Å². The van der Waals surface area contributed by atoms with Crippen molar-refractivity contribution in [2.45, 2.75) is 37.2 Å². The molecule has 3 heterocycles. The lowest BCUT2D eigenvalue weighted by Gasteiger charge is -2.20. The molecule has 0 saturated carbocycles. The summed E-state index contributed by atoms with van der Waals surface area (Å²) in [4.78, 5) is 52.9. The van der Waals surface area contributed by atoms with Crippen LogP contribution in [0, 0.1) is 0 Å². The highest BCUT2D eigenvalue weighted by molar-refractivity contribution is 7.48. The molecular formula is C14H12F6N5O9P. The number of rotatable bonds is 6. The number of hydrogen-bond acceptors (Lipinski definition) is 11. The van der Waals surface area contributed by atoms with Crippen LogP contribution in [-0.4, -0.2) is 67.5 Å². The Morgan fingerprint density at radius 1 is 1.26 bits per heavy atom. The van der Waals surface area contributed by atoms with Crippen LogP contribution in [0.4, 0.5) is 32.3 Å². The summed E-state index contributed by atoms with van der Waals surface area (Å²) < 4.78 is 105. The molecule has 1 saturated heterocycles. The van der Waals surface area contributed by atoms with Crippen molar-refractivity contribution in [1.29, 1.82) is 0 Å². The first kappa shape index (κ1) is 26.4.